The SMILES string of the molecule is O=C(CCC(=O)N1CCC(c2ccc(Cl)cc2)CC1)c1ccc2c(c1)CCN(CC1CCCCC1)CC2. The molecule has 2 aromatic carbocycles. The number of amides is 1. The minimum absolute atomic E-state index is 0.0931. The molecule has 2 heterocycles. The Kier molecular flexibility index (Phi) is 8.99. The van der Waals surface area contributed by atoms with Gasteiger partial charge in [0.05, 0.1) is 0 Å². The van der Waals surface area contributed by atoms with Crippen LogP contribution in [-0.4, -0.2) is 54.2 Å². The lowest BCUT2D eigenvalue weighted by atomic mass is 9.89. The minimum atomic E-state index is 0.0931. The molecule has 1 saturated heterocycles. The van der Waals surface area contributed by atoms with Crippen LogP contribution in [0.5, 0.6) is 0 Å². The maximum Gasteiger partial charge on any atom is 0.223 e. The molecule has 37 heavy (non-hydrogen) atoms. The summed E-state index contributed by atoms with van der Waals surface area (Å²) >= 11 is 6.02. The van der Waals surface area contributed by atoms with Gasteiger partial charge in [0, 0.05) is 56.2 Å². The molecule has 5 heteroatoms. The van der Waals surface area contributed by atoms with E-state index in [-0.39, 0.29) is 11.7 Å². The third kappa shape index (κ3) is 7.03. The van der Waals surface area contributed by atoms with Gasteiger partial charge in [-0.05, 0) is 85.3 Å². The summed E-state index contributed by atoms with van der Waals surface area (Å²) in [4.78, 5) is 30.4. The van der Waals surface area contributed by atoms with Crippen molar-refractivity contribution in [2.45, 2.75) is 76.5 Å². The number of carbonyl (C=O) groups excluding carboxylic acids is 2. The van der Waals surface area contributed by atoms with Crippen LogP contribution in [0.4, 0.5) is 0 Å². The average Bonchev–Trinajstić information content (AvgIpc) is 3.14. The molecule has 0 N–H and O–H groups in total. The second kappa shape index (κ2) is 12.6. The van der Waals surface area contributed by atoms with Gasteiger partial charge in [0.15, 0.2) is 5.78 Å². The second-order valence-electron chi connectivity index (χ2n) is 11.4. The summed E-state index contributed by atoms with van der Waals surface area (Å²) in [6.45, 7) is 4.97. The number of Topliss-reactive ketones (excluding diaryl/α,β-unsaturated/α-hetero) is 1. The monoisotopic (exact) mass is 520 g/mol. The predicted octanol–water partition coefficient (Wildman–Crippen LogP) is 6.69. The summed E-state index contributed by atoms with van der Waals surface area (Å²) in [7, 11) is 0. The largest absolute Gasteiger partial charge is 0.343 e. The van der Waals surface area contributed by atoms with Crippen molar-refractivity contribution in [3.63, 3.8) is 0 Å². The van der Waals surface area contributed by atoms with Crippen LogP contribution in [0.25, 0.3) is 0 Å². The van der Waals surface area contributed by atoms with Crippen LogP contribution in [0, 0.1) is 5.92 Å². The van der Waals surface area contributed by atoms with Crippen LogP contribution in [-0.2, 0) is 17.6 Å². The zero-order valence-electron chi connectivity index (χ0n) is 22.1. The second-order valence-corrected chi connectivity index (χ2v) is 11.9. The fourth-order valence-electron chi connectivity index (χ4n) is 6.58. The smallest absolute Gasteiger partial charge is 0.223 e. The minimum Gasteiger partial charge on any atom is -0.343 e. The molecule has 1 saturated carbocycles. The summed E-state index contributed by atoms with van der Waals surface area (Å²) in [6.07, 6.45) is 11.6. The lowest BCUT2D eigenvalue weighted by Crippen LogP contribution is -2.38. The normalized spacial score (nSPS) is 19.9. The zero-order chi connectivity index (χ0) is 25.6. The predicted molar refractivity (Wildman–Crippen MR) is 150 cm³/mol. The Morgan fingerprint density at radius 3 is 2.22 bits per heavy atom. The molecule has 198 valence electrons. The van der Waals surface area contributed by atoms with E-state index < -0.39 is 0 Å². The third-order valence-electron chi connectivity index (χ3n) is 8.92. The van der Waals surface area contributed by atoms with Crippen LogP contribution >= 0.6 is 11.6 Å². The number of benzene rings is 2. The van der Waals surface area contributed by atoms with Gasteiger partial charge in [0.25, 0.3) is 0 Å². The molecule has 0 unspecified atom stereocenters. The number of piperidine rings is 1. The van der Waals surface area contributed by atoms with Crippen molar-refractivity contribution in [2.75, 3.05) is 32.7 Å². The van der Waals surface area contributed by atoms with Gasteiger partial charge in [-0.3, -0.25) is 9.59 Å². The summed E-state index contributed by atoms with van der Waals surface area (Å²) < 4.78 is 0. The number of halogens is 1. The van der Waals surface area contributed by atoms with Gasteiger partial charge in [0.1, 0.15) is 0 Å². The van der Waals surface area contributed by atoms with Crippen molar-refractivity contribution in [2.24, 2.45) is 5.92 Å². The Balaban J connectivity index is 1.08. The van der Waals surface area contributed by atoms with Gasteiger partial charge >= 0.3 is 0 Å². The molecule has 0 aromatic heterocycles. The van der Waals surface area contributed by atoms with Gasteiger partial charge in [-0.2, -0.15) is 0 Å². The molecule has 1 amide bonds. The molecule has 0 atom stereocenters. The van der Waals surface area contributed by atoms with E-state index in [9.17, 15) is 9.59 Å². The standard InChI is InChI=1S/C32H41ClN2O2/c33-30-10-8-25(9-11-30)27-16-20-35(21-17-27)32(37)13-12-31(36)29-7-6-26-14-18-34(19-15-28(26)22-29)23-24-4-2-1-3-5-24/h6-11,22,24,27H,1-5,12-21,23H2. The molecule has 2 fully saturated rings. The van der Waals surface area contributed by atoms with Crippen LogP contribution in [0.1, 0.15) is 90.8 Å². The summed E-state index contributed by atoms with van der Waals surface area (Å²) in [6, 6.07) is 14.3. The van der Waals surface area contributed by atoms with Crippen LogP contribution in [0.3, 0.4) is 0 Å². The van der Waals surface area contributed by atoms with Crippen molar-refractivity contribution < 1.29 is 9.59 Å². The quantitative estimate of drug-likeness (QED) is 0.382. The number of ketones is 1. The van der Waals surface area contributed by atoms with E-state index in [4.69, 9.17) is 11.6 Å². The number of hydrogen-bond donors (Lipinski definition) is 0. The van der Waals surface area contributed by atoms with Crippen LogP contribution in [0.2, 0.25) is 5.02 Å². The number of nitrogens with zero attached hydrogens (tertiary/aromatic N) is 2. The highest BCUT2D eigenvalue weighted by Gasteiger charge is 2.25. The molecule has 2 aliphatic heterocycles. The van der Waals surface area contributed by atoms with Crippen molar-refractivity contribution in [3.8, 4) is 0 Å². The number of fused-ring (bicyclic) bond motifs is 1. The Morgan fingerprint density at radius 1 is 0.784 bits per heavy atom. The van der Waals surface area contributed by atoms with Gasteiger partial charge in [0.2, 0.25) is 5.91 Å². The highest BCUT2D eigenvalue weighted by Crippen LogP contribution is 2.30. The van der Waals surface area contributed by atoms with Crippen molar-refractivity contribution >= 4 is 23.3 Å². The third-order valence-corrected chi connectivity index (χ3v) is 9.17. The first-order chi connectivity index (χ1) is 18.0. The van der Waals surface area contributed by atoms with E-state index in [1.807, 2.05) is 23.1 Å². The maximum atomic E-state index is 13.0. The molecule has 0 spiro atoms. The Morgan fingerprint density at radius 2 is 1.49 bits per heavy atom. The van der Waals surface area contributed by atoms with E-state index >= 15 is 0 Å². The Hall–Kier alpha value is -2.17. The van der Waals surface area contributed by atoms with Gasteiger partial charge in [-0.1, -0.05) is 55.1 Å². The Bertz CT molecular complexity index is 1070. The maximum absolute atomic E-state index is 13.0. The Labute approximate surface area is 227 Å². The fourth-order valence-corrected chi connectivity index (χ4v) is 6.71. The molecule has 2 aromatic rings. The number of likely N-dealkylation sites (tertiary alicyclic amines) is 1. The van der Waals surface area contributed by atoms with Gasteiger partial charge in [-0.25, -0.2) is 0 Å². The summed E-state index contributed by atoms with van der Waals surface area (Å²) in [5.74, 6) is 1.54. The zero-order valence-corrected chi connectivity index (χ0v) is 22.9. The van der Waals surface area contributed by atoms with E-state index in [1.165, 1.54) is 55.3 Å². The topological polar surface area (TPSA) is 40.6 Å². The van der Waals surface area contributed by atoms with Crippen molar-refractivity contribution in [3.05, 3.63) is 69.7 Å². The molecular formula is C32H41ClN2O2. The van der Waals surface area contributed by atoms with Crippen LogP contribution in [0.15, 0.2) is 42.5 Å². The van der Waals surface area contributed by atoms with Gasteiger partial charge < -0.3 is 9.80 Å². The molecule has 3 aliphatic rings. The summed E-state index contributed by atoms with van der Waals surface area (Å²) in [5, 5.41) is 0.757. The van der Waals surface area contributed by atoms with E-state index in [0.29, 0.717) is 18.8 Å². The van der Waals surface area contributed by atoms with E-state index in [2.05, 4.69) is 29.2 Å². The number of carbonyl (C=O) groups is 2. The first-order valence-corrected chi connectivity index (χ1v) is 14.8. The van der Waals surface area contributed by atoms with E-state index in [0.717, 1.165) is 68.4 Å². The molecular weight excluding hydrogens is 480 g/mol. The first-order valence-electron chi connectivity index (χ1n) is 14.5. The molecule has 0 radical (unpaired) electrons. The first kappa shape index (κ1) is 26.4. The fraction of sp³-hybridized carbons (Fsp3) is 0.562. The highest BCUT2D eigenvalue weighted by atomic mass is 35.5. The van der Waals surface area contributed by atoms with E-state index in [1.54, 1.807) is 0 Å². The summed E-state index contributed by atoms with van der Waals surface area (Å²) in [5.41, 5.74) is 4.79. The number of rotatable bonds is 7. The van der Waals surface area contributed by atoms with Crippen LogP contribution < -0.4 is 0 Å². The average molecular weight is 521 g/mol. The molecule has 4 nitrogen and oxygen atoms in total. The lowest BCUT2D eigenvalue weighted by molar-refractivity contribution is -0.132. The van der Waals surface area contributed by atoms with Crippen molar-refractivity contribution in [1.82, 2.24) is 9.80 Å². The molecule has 0 bridgehead atoms. The highest BCUT2D eigenvalue weighted by molar-refractivity contribution is 6.30. The molecule has 5 rings (SSSR count). The van der Waals surface area contributed by atoms with Gasteiger partial charge in [-0.15, -0.1) is 0 Å². The van der Waals surface area contributed by atoms with Crippen molar-refractivity contribution in [1.29, 1.82) is 0 Å². The number of hydrogen-bond acceptors (Lipinski definition) is 3. The lowest BCUT2D eigenvalue weighted by Gasteiger charge is -2.32. The molecule has 1 aliphatic carbocycles.